The minimum atomic E-state index is -4.53. The standard InChI is InChI=1S/C10H9F3N4/c1-17-4-2-3-7(17)6-5-8(10(11,12)13)16-9(14)15-6/h2-5H,1H3,(H2,14,15,16). The number of nitrogens with two attached hydrogens (primary N) is 1. The summed E-state index contributed by atoms with van der Waals surface area (Å²) in [7, 11) is 1.71. The van der Waals surface area contributed by atoms with Crippen LogP contribution in [0.15, 0.2) is 24.4 Å². The monoisotopic (exact) mass is 242 g/mol. The summed E-state index contributed by atoms with van der Waals surface area (Å²) >= 11 is 0. The molecule has 4 nitrogen and oxygen atoms in total. The third kappa shape index (κ3) is 2.22. The average molecular weight is 242 g/mol. The van der Waals surface area contributed by atoms with Crippen molar-refractivity contribution in [3.8, 4) is 11.4 Å². The van der Waals surface area contributed by atoms with Gasteiger partial charge in [0.25, 0.3) is 0 Å². The van der Waals surface area contributed by atoms with Crippen molar-refractivity contribution in [2.24, 2.45) is 7.05 Å². The molecule has 2 aromatic heterocycles. The number of rotatable bonds is 1. The number of anilines is 1. The van der Waals surface area contributed by atoms with Crippen molar-refractivity contribution in [1.29, 1.82) is 0 Å². The van der Waals surface area contributed by atoms with Crippen molar-refractivity contribution >= 4 is 5.95 Å². The quantitative estimate of drug-likeness (QED) is 0.832. The molecule has 2 N–H and O–H groups in total. The molecule has 0 spiro atoms. The van der Waals surface area contributed by atoms with Crippen LogP contribution in [0.2, 0.25) is 0 Å². The Morgan fingerprint density at radius 2 is 2.00 bits per heavy atom. The maximum absolute atomic E-state index is 12.5. The van der Waals surface area contributed by atoms with Crippen LogP contribution in [0.1, 0.15) is 5.69 Å². The molecule has 0 saturated carbocycles. The van der Waals surface area contributed by atoms with Crippen LogP contribution in [0.25, 0.3) is 11.4 Å². The summed E-state index contributed by atoms with van der Waals surface area (Å²) in [5.41, 5.74) is 4.94. The third-order valence-electron chi connectivity index (χ3n) is 2.24. The molecule has 0 saturated heterocycles. The maximum Gasteiger partial charge on any atom is 0.433 e. The first-order valence-electron chi connectivity index (χ1n) is 4.71. The molecule has 2 rings (SSSR count). The van der Waals surface area contributed by atoms with E-state index < -0.39 is 17.8 Å². The molecule has 2 heterocycles. The molecular formula is C10H9F3N4. The zero-order valence-electron chi connectivity index (χ0n) is 8.86. The maximum atomic E-state index is 12.5. The van der Waals surface area contributed by atoms with E-state index in [4.69, 9.17) is 5.73 Å². The Morgan fingerprint density at radius 1 is 1.29 bits per heavy atom. The largest absolute Gasteiger partial charge is 0.433 e. The van der Waals surface area contributed by atoms with E-state index in [1.807, 2.05) is 0 Å². The van der Waals surface area contributed by atoms with Crippen molar-refractivity contribution in [1.82, 2.24) is 14.5 Å². The summed E-state index contributed by atoms with van der Waals surface area (Å²) in [6.45, 7) is 0. The number of aromatic nitrogens is 3. The average Bonchev–Trinajstić information content (AvgIpc) is 2.62. The van der Waals surface area contributed by atoms with Gasteiger partial charge in [-0.05, 0) is 18.2 Å². The molecule has 0 aliphatic carbocycles. The molecule has 17 heavy (non-hydrogen) atoms. The van der Waals surface area contributed by atoms with Gasteiger partial charge in [0.2, 0.25) is 5.95 Å². The topological polar surface area (TPSA) is 56.7 Å². The molecule has 0 aliphatic heterocycles. The van der Waals surface area contributed by atoms with Crippen LogP contribution in [0.5, 0.6) is 0 Å². The summed E-state index contributed by atoms with van der Waals surface area (Å²) in [5.74, 6) is -0.393. The second kappa shape index (κ2) is 3.76. The molecule has 0 radical (unpaired) electrons. The number of aryl methyl sites for hydroxylation is 1. The number of hydrogen-bond acceptors (Lipinski definition) is 3. The van der Waals surface area contributed by atoms with Crippen molar-refractivity contribution in [3.63, 3.8) is 0 Å². The number of nitrogens with zero attached hydrogens (tertiary/aromatic N) is 3. The summed E-state index contributed by atoms with van der Waals surface area (Å²) in [6.07, 6.45) is -2.82. The van der Waals surface area contributed by atoms with E-state index in [-0.39, 0.29) is 5.69 Å². The van der Waals surface area contributed by atoms with Crippen LogP contribution in [0.3, 0.4) is 0 Å². The van der Waals surface area contributed by atoms with Crippen LogP contribution in [-0.4, -0.2) is 14.5 Å². The Morgan fingerprint density at radius 3 is 2.53 bits per heavy atom. The Kier molecular flexibility index (Phi) is 2.53. The van der Waals surface area contributed by atoms with Gasteiger partial charge in [0.1, 0.15) is 0 Å². The highest BCUT2D eigenvalue weighted by Gasteiger charge is 2.33. The smallest absolute Gasteiger partial charge is 0.368 e. The number of hydrogen-bond donors (Lipinski definition) is 1. The highest BCUT2D eigenvalue weighted by molar-refractivity contribution is 5.57. The van der Waals surface area contributed by atoms with E-state index in [9.17, 15) is 13.2 Å². The van der Waals surface area contributed by atoms with E-state index in [1.165, 1.54) is 0 Å². The number of halogens is 3. The van der Waals surface area contributed by atoms with Crippen LogP contribution in [-0.2, 0) is 13.2 Å². The van der Waals surface area contributed by atoms with Crippen LogP contribution < -0.4 is 5.73 Å². The highest BCUT2D eigenvalue weighted by atomic mass is 19.4. The predicted octanol–water partition coefficient (Wildman–Crippen LogP) is 2.08. The lowest BCUT2D eigenvalue weighted by molar-refractivity contribution is -0.141. The first-order valence-corrected chi connectivity index (χ1v) is 4.71. The first kappa shape index (κ1) is 11.4. The van der Waals surface area contributed by atoms with Gasteiger partial charge < -0.3 is 10.3 Å². The van der Waals surface area contributed by atoms with Crippen molar-refractivity contribution < 1.29 is 13.2 Å². The van der Waals surface area contributed by atoms with Gasteiger partial charge in [-0.2, -0.15) is 13.2 Å². The fourth-order valence-electron chi connectivity index (χ4n) is 1.47. The van der Waals surface area contributed by atoms with E-state index in [0.29, 0.717) is 5.69 Å². The van der Waals surface area contributed by atoms with E-state index in [0.717, 1.165) is 6.07 Å². The highest BCUT2D eigenvalue weighted by Crippen LogP contribution is 2.30. The van der Waals surface area contributed by atoms with Crippen molar-refractivity contribution in [3.05, 3.63) is 30.1 Å². The molecule has 0 unspecified atom stereocenters. The second-order valence-electron chi connectivity index (χ2n) is 3.50. The Hall–Kier alpha value is -2.05. The van der Waals surface area contributed by atoms with Crippen LogP contribution >= 0.6 is 0 Å². The minimum absolute atomic E-state index is 0.150. The van der Waals surface area contributed by atoms with Gasteiger partial charge in [0, 0.05) is 13.2 Å². The summed E-state index contributed by atoms with van der Waals surface area (Å²) in [6, 6.07) is 4.24. The van der Waals surface area contributed by atoms with Crippen LogP contribution in [0, 0.1) is 0 Å². The Bertz CT molecular complexity index is 545. The first-order chi connectivity index (χ1) is 7.88. The number of alkyl halides is 3. The summed E-state index contributed by atoms with van der Waals surface area (Å²) in [5, 5.41) is 0. The Balaban J connectivity index is 2.57. The molecule has 0 aliphatic rings. The molecule has 0 bridgehead atoms. The molecule has 0 fully saturated rings. The van der Waals surface area contributed by atoms with Gasteiger partial charge in [-0.15, -0.1) is 0 Å². The lowest BCUT2D eigenvalue weighted by atomic mass is 10.2. The molecule has 90 valence electrons. The Labute approximate surface area is 94.9 Å². The summed E-state index contributed by atoms with van der Waals surface area (Å²) < 4.78 is 39.3. The molecule has 0 aromatic carbocycles. The zero-order valence-corrected chi connectivity index (χ0v) is 8.86. The fraction of sp³-hybridized carbons (Fsp3) is 0.200. The lowest BCUT2D eigenvalue weighted by Crippen LogP contribution is -2.11. The minimum Gasteiger partial charge on any atom is -0.368 e. The van der Waals surface area contributed by atoms with Gasteiger partial charge in [-0.1, -0.05) is 0 Å². The van der Waals surface area contributed by atoms with Gasteiger partial charge >= 0.3 is 6.18 Å². The molecule has 2 aromatic rings. The van der Waals surface area contributed by atoms with Gasteiger partial charge in [0.05, 0.1) is 11.4 Å². The van der Waals surface area contributed by atoms with Gasteiger partial charge in [-0.25, -0.2) is 9.97 Å². The number of nitrogen functional groups attached to an aromatic ring is 1. The molecule has 0 amide bonds. The molecule has 7 heteroatoms. The second-order valence-corrected chi connectivity index (χ2v) is 3.50. The molecule has 0 atom stereocenters. The SMILES string of the molecule is Cn1cccc1-c1cc(C(F)(F)F)nc(N)n1. The van der Waals surface area contributed by atoms with Crippen LogP contribution in [0.4, 0.5) is 19.1 Å². The normalized spacial score (nSPS) is 11.8. The molecular weight excluding hydrogens is 233 g/mol. The van der Waals surface area contributed by atoms with Crippen molar-refractivity contribution in [2.75, 3.05) is 5.73 Å². The summed E-state index contributed by atoms with van der Waals surface area (Å²) in [4.78, 5) is 6.97. The van der Waals surface area contributed by atoms with E-state index >= 15 is 0 Å². The predicted molar refractivity (Wildman–Crippen MR) is 55.9 cm³/mol. The zero-order chi connectivity index (χ0) is 12.6. The van der Waals surface area contributed by atoms with Crippen molar-refractivity contribution in [2.45, 2.75) is 6.18 Å². The van der Waals surface area contributed by atoms with Gasteiger partial charge in [0.15, 0.2) is 5.69 Å². The fourth-order valence-corrected chi connectivity index (χ4v) is 1.47. The van der Waals surface area contributed by atoms with E-state index in [2.05, 4.69) is 9.97 Å². The third-order valence-corrected chi connectivity index (χ3v) is 2.24. The van der Waals surface area contributed by atoms with Gasteiger partial charge in [-0.3, -0.25) is 0 Å². The lowest BCUT2D eigenvalue weighted by Gasteiger charge is -2.09. The van der Waals surface area contributed by atoms with E-state index in [1.54, 1.807) is 29.9 Å².